The minimum absolute atomic E-state index is 0.0624. The molecule has 3 rings (SSSR count). The van der Waals surface area contributed by atoms with Gasteiger partial charge in [-0.05, 0) is 37.8 Å². The predicted octanol–water partition coefficient (Wildman–Crippen LogP) is 3.83. The van der Waals surface area contributed by atoms with Crippen LogP contribution in [0.25, 0.3) is 5.69 Å². The number of hydrogen-bond acceptors (Lipinski definition) is 2. The number of para-hydroxylation sites is 1. The van der Waals surface area contributed by atoms with Crippen molar-refractivity contribution in [3.63, 3.8) is 0 Å². The van der Waals surface area contributed by atoms with Crippen LogP contribution in [0.2, 0.25) is 0 Å². The number of nitrogens with one attached hydrogen (secondary N) is 1. The summed E-state index contributed by atoms with van der Waals surface area (Å²) in [6.45, 7) is 2.80. The lowest BCUT2D eigenvalue weighted by Gasteiger charge is -2.21. The van der Waals surface area contributed by atoms with Crippen molar-refractivity contribution in [3.05, 3.63) is 42.2 Å². The van der Waals surface area contributed by atoms with Gasteiger partial charge in [0.15, 0.2) is 0 Å². The highest BCUT2D eigenvalue weighted by Crippen LogP contribution is 2.25. The van der Waals surface area contributed by atoms with Crippen molar-refractivity contribution >= 4 is 11.7 Å². The van der Waals surface area contributed by atoms with Crippen LogP contribution in [0, 0.1) is 12.8 Å². The molecule has 122 valence electrons. The van der Waals surface area contributed by atoms with Crippen molar-refractivity contribution in [2.75, 3.05) is 18.9 Å². The first-order chi connectivity index (χ1) is 11.1. The van der Waals surface area contributed by atoms with Gasteiger partial charge in [0, 0.05) is 13.6 Å². The van der Waals surface area contributed by atoms with Gasteiger partial charge in [-0.15, -0.1) is 0 Å². The minimum atomic E-state index is -0.0624. The second kappa shape index (κ2) is 6.86. The van der Waals surface area contributed by atoms with Crippen LogP contribution in [0.1, 0.15) is 31.4 Å². The molecule has 0 spiro atoms. The van der Waals surface area contributed by atoms with Gasteiger partial charge in [-0.1, -0.05) is 31.0 Å². The summed E-state index contributed by atoms with van der Waals surface area (Å²) in [6, 6.07) is 9.86. The summed E-state index contributed by atoms with van der Waals surface area (Å²) in [5.74, 6) is 0.652. The maximum atomic E-state index is 12.4. The van der Waals surface area contributed by atoms with Crippen LogP contribution in [-0.2, 0) is 0 Å². The third-order valence-electron chi connectivity index (χ3n) is 4.61. The highest BCUT2D eigenvalue weighted by atomic mass is 16.2. The molecule has 5 nitrogen and oxygen atoms in total. The molecule has 2 aromatic rings. The highest BCUT2D eigenvalue weighted by Gasteiger charge is 2.20. The molecule has 1 aliphatic rings. The Labute approximate surface area is 137 Å². The Bertz CT molecular complexity index is 659. The van der Waals surface area contributed by atoms with E-state index in [4.69, 9.17) is 0 Å². The van der Waals surface area contributed by atoms with Crippen molar-refractivity contribution < 1.29 is 4.79 Å². The second-order valence-corrected chi connectivity index (χ2v) is 6.35. The van der Waals surface area contributed by atoms with E-state index in [9.17, 15) is 4.79 Å². The molecule has 1 aromatic carbocycles. The molecule has 1 heterocycles. The fourth-order valence-electron chi connectivity index (χ4n) is 3.24. The van der Waals surface area contributed by atoms with E-state index in [0.29, 0.717) is 5.92 Å². The Morgan fingerprint density at radius 3 is 2.70 bits per heavy atom. The zero-order valence-corrected chi connectivity index (χ0v) is 13.8. The van der Waals surface area contributed by atoms with Crippen molar-refractivity contribution in [1.82, 2.24) is 14.7 Å². The molecule has 0 unspecified atom stereocenters. The largest absolute Gasteiger partial charge is 0.327 e. The quantitative estimate of drug-likeness (QED) is 0.932. The smallest absolute Gasteiger partial charge is 0.321 e. The molecule has 1 aromatic heterocycles. The van der Waals surface area contributed by atoms with Gasteiger partial charge in [-0.3, -0.25) is 0 Å². The molecule has 2 amide bonds. The number of nitrogens with zero attached hydrogens (tertiary/aromatic N) is 3. The number of carbonyl (C=O) groups excluding carboxylic acids is 1. The Kier molecular flexibility index (Phi) is 4.65. The van der Waals surface area contributed by atoms with Gasteiger partial charge in [0.2, 0.25) is 0 Å². The van der Waals surface area contributed by atoms with Gasteiger partial charge in [-0.25, -0.2) is 9.48 Å². The number of amides is 2. The number of benzene rings is 1. The van der Waals surface area contributed by atoms with Crippen LogP contribution in [0.5, 0.6) is 0 Å². The lowest BCUT2D eigenvalue weighted by molar-refractivity contribution is 0.214. The minimum Gasteiger partial charge on any atom is -0.327 e. The second-order valence-electron chi connectivity index (χ2n) is 6.35. The lowest BCUT2D eigenvalue weighted by atomic mass is 10.1. The van der Waals surface area contributed by atoms with E-state index >= 15 is 0 Å². The van der Waals surface area contributed by atoms with E-state index < -0.39 is 0 Å². The molecule has 1 aliphatic carbocycles. The maximum Gasteiger partial charge on any atom is 0.321 e. The molecule has 1 N–H and O–H groups in total. The summed E-state index contributed by atoms with van der Waals surface area (Å²) in [6.07, 6.45) is 6.78. The lowest BCUT2D eigenvalue weighted by Crippen LogP contribution is -2.34. The fraction of sp³-hybridized carbons (Fsp3) is 0.444. The zero-order valence-electron chi connectivity index (χ0n) is 13.8. The molecular formula is C18H24N4O. The highest BCUT2D eigenvalue weighted by molar-refractivity contribution is 5.89. The van der Waals surface area contributed by atoms with Crippen molar-refractivity contribution in [2.24, 2.45) is 5.92 Å². The number of urea groups is 1. The van der Waals surface area contributed by atoms with Gasteiger partial charge in [0.05, 0.1) is 23.3 Å². The van der Waals surface area contributed by atoms with Gasteiger partial charge >= 0.3 is 6.03 Å². The third kappa shape index (κ3) is 3.55. The molecule has 23 heavy (non-hydrogen) atoms. The first-order valence-corrected chi connectivity index (χ1v) is 8.27. The summed E-state index contributed by atoms with van der Waals surface area (Å²) in [4.78, 5) is 14.2. The average molecular weight is 312 g/mol. The van der Waals surface area contributed by atoms with Gasteiger partial charge < -0.3 is 10.2 Å². The van der Waals surface area contributed by atoms with Crippen LogP contribution in [-0.4, -0.2) is 34.3 Å². The Morgan fingerprint density at radius 1 is 1.30 bits per heavy atom. The first kappa shape index (κ1) is 15.6. The molecule has 1 fully saturated rings. The number of hydrogen-bond donors (Lipinski definition) is 1. The number of anilines is 1. The topological polar surface area (TPSA) is 50.2 Å². The SMILES string of the molecule is Cc1c(NC(=O)N(C)CC2CCCC2)cnn1-c1ccccc1. The van der Waals surface area contributed by atoms with Gasteiger partial charge in [-0.2, -0.15) is 5.10 Å². The molecule has 0 saturated heterocycles. The molecule has 0 radical (unpaired) electrons. The van der Waals surface area contributed by atoms with Crippen LogP contribution >= 0.6 is 0 Å². The summed E-state index contributed by atoms with van der Waals surface area (Å²) in [5.41, 5.74) is 2.68. The fourth-order valence-corrected chi connectivity index (χ4v) is 3.24. The summed E-state index contributed by atoms with van der Waals surface area (Å²) in [5, 5.41) is 7.36. The van der Waals surface area contributed by atoms with Crippen molar-refractivity contribution in [1.29, 1.82) is 0 Å². The summed E-state index contributed by atoms with van der Waals surface area (Å²) >= 11 is 0. The normalized spacial score (nSPS) is 14.9. The molecule has 1 saturated carbocycles. The van der Waals surface area contributed by atoms with Crippen molar-refractivity contribution in [2.45, 2.75) is 32.6 Å². The molecule has 0 aliphatic heterocycles. The predicted molar refractivity (Wildman–Crippen MR) is 91.9 cm³/mol. The number of carbonyl (C=O) groups is 1. The first-order valence-electron chi connectivity index (χ1n) is 8.27. The molecule has 0 bridgehead atoms. The molecule has 0 atom stereocenters. The van der Waals surface area contributed by atoms with E-state index in [-0.39, 0.29) is 6.03 Å². The van der Waals surface area contributed by atoms with Crippen molar-refractivity contribution in [3.8, 4) is 5.69 Å². The third-order valence-corrected chi connectivity index (χ3v) is 4.61. The maximum absolute atomic E-state index is 12.4. The summed E-state index contributed by atoms with van der Waals surface area (Å²) < 4.78 is 1.84. The Balaban J connectivity index is 1.66. The van der Waals surface area contributed by atoms with E-state index in [0.717, 1.165) is 23.6 Å². The Hall–Kier alpha value is -2.30. The van der Waals surface area contributed by atoms with Gasteiger partial charge in [0.25, 0.3) is 0 Å². The summed E-state index contributed by atoms with van der Waals surface area (Å²) in [7, 11) is 1.87. The number of aromatic nitrogens is 2. The van der Waals surface area contributed by atoms with Crippen LogP contribution in [0.4, 0.5) is 10.5 Å². The Morgan fingerprint density at radius 2 is 2.00 bits per heavy atom. The van der Waals surface area contributed by atoms with Crippen LogP contribution in [0.3, 0.4) is 0 Å². The van der Waals surface area contributed by atoms with E-state index in [2.05, 4.69) is 10.4 Å². The van der Waals surface area contributed by atoms with Crippen LogP contribution < -0.4 is 5.32 Å². The van der Waals surface area contributed by atoms with E-state index in [1.165, 1.54) is 25.7 Å². The van der Waals surface area contributed by atoms with Crippen LogP contribution in [0.15, 0.2) is 36.5 Å². The number of rotatable bonds is 4. The molecule has 5 heteroatoms. The average Bonchev–Trinajstić information content (AvgIpc) is 3.19. The van der Waals surface area contributed by atoms with E-state index in [1.54, 1.807) is 11.1 Å². The zero-order chi connectivity index (χ0) is 16.2. The standard InChI is InChI=1S/C18H24N4O/c1-14-17(12-19-22(14)16-10-4-3-5-11-16)20-18(23)21(2)13-15-8-6-7-9-15/h3-5,10-12,15H,6-9,13H2,1-2H3,(H,20,23). The van der Waals surface area contributed by atoms with E-state index in [1.807, 2.05) is 49.0 Å². The molecular weight excluding hydrogens is 288 g/mol. The monoisotopic (exact) mass is 312 g/mol. The van der Waals surface area contributed by atoms with Gasteiger partial charge in [0.1, 0.15) is 0 Å².